The Labute approximate surface area is 204 Å². The Morgan fingerprint density at radius 1 is 1.00 bits per heavy atom. The number of ether oxygens (including phenoxy) is 1. The molecule has 0 saturated carbocycles. The fourth-order valence-electron chi connectivity index (χ4n) is 2.72. The summed E-state index contributed by atoms with van der Waals surface area (Å²) in [5, 5.41) is 17.2. The van der Waals surface area contributed by atoms with Gasteiger partial charge in [-0.1, -0.05) is 12.1 Å². The molecule has 0 aliphatic carbocycles. The fraction of sp³-hybridized carbons (Fsp3) is 0.125. The van der Waals surface area contributed by atoms with Crippen molar-refractivity contribution in [1.82, 2.24) is 5.43 Å². The molecule has 0 radical (unpaired) electrons. The SMILES string of the molecule is O=C(CSCc1ccc([N+](=O)[O-])cc1)N/N=C/c1ccc(OCC(=O)Nc2ccc(F)cc2)cc1. The van der Waals surface area contributed by atoms with E-state index in [1.54, 1.807) is 36.4 Å². The summed E-state index contributed by atoms with van der Waals surface area (Å²) in [7, 11) is 0. The van der Waals surface area contributed by atoms with Gasteiger partial charge in [0, 0.05) is 23.6 Å². The highest BCUT2D eigenvalue weighted by Crippen LogP contribution is 2.17. The summed E-state index contributed by atoms with van der Waals surface area (Å²) >= 11 is 1.36. The Morgan fingerprint density at radius 3 is 2.34 bits per heavy atom. The first-order valence-electron chi connectivity index (χ1n) is 10.3. The summed E-state index contributed by atoms with van der Waals surface area (Å²) < 4.78 is 18.3. The minimum atomic E-state index is -0.459. The number of hydrogen-bond donors (Lipinski definition) is 2. The second-order valence-electron chi connectivity index (χ2n) is 7.12. The van der Waals surface area contributed by atoms with Gasteiger partial charge in [-0.15, -0.1) is 11.8 Å². The van der Waals surface area contributed by atoms with Crippen LogP contribution in [0.15, 0.2) is 77.9 Å². The van der Waals surface area contributed by atoms with Crippen LogP contribution in [0, 0.1) is 15.9 Å². The molecule has 0 fully saturated rings. The van der Waals surface area contributed by atoms with Crippen molar-refractivity contribution in [1.29, 1.82) is 0 Å². The second-order valence-corrected chi connectivity index (χ2v) is 8.11. The van der Waals surface area contributed by atoms with Gasteiger partial charge in [0.05, 0.1) is 16.9 Å². The molecule has 0 spiro atoms. The topological polar surface area (TPSA) is 123 Å². The molecule has 3 rings (SSSR count). The summed E-state index contributed by atoms with van der Waals surface area (Å²) in [6.45, 7) is -0.210. The predicted octanol–water partition coefficient (Wildman–Crippen LogP) is 4.13. The van der Waals surface area contributed by atoms with Gasteiger partial charge >= 0.3 is 0 Å². The standard InChI is InChI=1S/C24H21FN4O5S/c25-19-5-7-20(8-6-19)27-23(30)14-34-22-11-3-17(4-12-22)13-26-28-24(31)16-35-15-18-1-9-21(10-2-18)29(32)33/h1-13H,14-16H2,(H,27,30)(H,28,31)/b26-13+. The molecule has 0 unspecified atom stereocenters. The maximum atomic E-state index is 12.9. The van der Waals surface area contributed by atoms with Crippen molar-refractivity contribution in [3.63, 3.8) is 0 Å². The lowest BCUT2D eigenvalue weighted by atomic mass is 10.2. The largest absolute Gasteiger partial charge is 0.484 e. The van der Waals surface area contributed by atoms with Gasteiger partial charge in [-0.25, -0.2) is 9.82 Å². The van der Waals surface area contributed by atoms with Crippen molar-refractivity contribution in [2.45, 2.75) is 5.75 Å². The summed E-state index contributed by atoms with van der Waals surface area (Å²) in [6.07, 6.45) is 1.48. The van der Waals surface area contributed by atoms with E-state index in [2.05, 4.69) is 15.8 Å². The van der Waals surface area contributed by atoms with Crippen LogP contribution in [0.4, 0.5) is 15.8 Å². The average molecular weight is 497 g/mol. The Kier molecular flexibility index (Phi) is 9.31. The molecule has 0 bridgehead atoms. The van der Waals surface area contributed by atoms with Crippen molar-refractivity contribution in [3.05, 3.63) is 99.9 Å². The van der Waals surface area contributed by atoms with Gasteiger partial charge < -0.3 is 10.1 Å². The predicted molar refractivity (Wildman–Crippen MR) is 132 cm³/mol. The third-order valence-electron chi connectivity index (χ3n) is 4.43. The van der Waals surface area contributed by atoms with E-state index in [0.717, 1.165) is 5.56 Å². The number of nitrogens with zero attached hydrogens (tertiary/aromatic N) is 2. The van der Waals surface area contributed by atoms with Gasteiger partial charge in [-0.05, 0) is 59.7 Å². The Hall–Kier alpha value is -4.25. The van der Waals surface area contributed by atoms with E-state index < -0.39 is 4.92 Å². The smallest absolute Gasteiger partial charge is 0.269 e. The average Bonchev–Trinajstić information content (AvgIpc) is 2.85. The first-order chi connectivity index (χ1) is 16.9. The third-order valence-corrected chi connectivity index (χ3v) is 5.43. The molecule has 2 amide bonds. The molecule has 35 heavy (non-hydrogen) atoms. The van der Waals surface area contributed by atoms with E-state index >= 15 is 0 Å². The summed E-state index contributed by atoms with van der Waals surface area (Å²) in [6, 6.07) is 18.3. The number of hydrazone groups is 1. The van der Waals surface area contributed by atoms with Crippen molar-refractivity contribution < 1.29 is 23.6 Å². The number of anilines is 1. The Balaban J connectivity index is 1.34. The molecule has 0 saturated heterocycles. The minimum Gasteiger partial charge on any atom is -0.484 e. The number of rotatable bonds is 11. The monoisotopic (exact) mass is 496 g/mol. The van der Waals surface area contributed by atoms with E-state index in [9.17, 15) is 24.1 Å². The molecule has 3 aromatic rings. The zero-order valence-electron chi connectivity index (χ0n) is 18.3. The molecule has 0 aromatic heterocycles. The van der Waals surface area contributed by atoms with Gasteiger partial charge in [-0.2, -0.15) is 5.10 Å². The van der Waals surface area contributed by atoms with E-state index in [1.165, 1.54) is 54.4 Å². The molecule has 9 nitrogen and oxygen atoms in total. The van der Waals surface area contributed by atoms with Crippen molar-refractivity contribution in [3.8, 4) is 5.75 Å². The number of hydrogen-bond acceptors (Lipinski definition) is 7. The van der Waals surface area contributed by atoms with E-state index in [-0.39, 0.29) is 35.7 Å². The van der Waals surface area contributed by atoms with Gasteiger partial charge in [0.15, 0.2) is 6.61 Å². The maximum Gasteiger partial charge on any atom is 0.269 e. The third kappa shape index (κ3) is 8.89. The van der Waals surface area contributed by atoms with Crippen LogP contribution in [0.3, 0.4) is 0 Å². The van der Waals surface area contributed by atoms with Crippen molar-refractivity contribution in [2.24, 2.45) is 5.10 Å². The zero-order chi connectivity index (χ0) is 25.0. The first-order valence-corrected chi connectivity index (χ1v) is 11.5. The molecule has 0 heterocycles. The Morgan fingerprint density at radius 2 is 1.69 bits per heavy atom. The van der Waals surface area contributed by atoms with Crippen LogP contribution in [-0.2, 0) is 15.3 Å². The van der Waals surface area contributed by atoms with Crippen molar-refractivity contribution in [2.75, 3.05) is 17.7 Å². The summed E-state index contributed by atoms with van der Waals surface area (Å²) in [5.41, 5.74) is 4.53. The second kappa shape index (κ2) is 12.8. The molecule has 180 valence electrons. The van der Waals surface area contributed by atoms with Gasteiger partial charge in [0.1, 0.15) is 11.6 Å². The zero-order valence-corrected chi connectivity index (χ0v) is 19.2. The lowest BCUT2D eigenvalue weighted by molar-refractivity contribution is -0.384. The van der Waals surface area contributed by atoms with Crippen molar-refractivity contribution >= 4 is 41.2 Å². The van der Waals surface area contributed by atoms with Crippen LogP contribution in [0.1, 0.15) is 11.1 Å². The van der Waals surface area contributed by atoms with Crippen LogP contribution in [0.5, 0.6) is 5.75 Å². The number of carbonyl (C=O) groups excluding carboxylic acids is 2. The van der Waals surface area contributed by atoms with Crippen LogP contribution in [-0.4, -0.2) is 35.3 Å². The highest BCUT2D eigenvalue weighted by atomic mass is 32.2. The van der Waals surface area contributed by atoms with Crippen LogP contribution < -0.4 is 15.5 Å². The molecule has 0 atom stereocenters. The minimum absolute atomic E-state index is 0.0257. The number of carbonyl (C=O) groups is 2. The molecule has 11 heteroatoms. The summed E-state index contributed by atoms with van der Waals surface area (Å²) in [4.78, 5) is 34.0. The number of nitro groups is 1. The molecular weight excluding hydrogens is 475 g/mol. The van der Waals surface area contributed by atoms with Crippen LogP contribution in [0.2, 0.25) is 0 Å². The highest BCUT2D eigenvalue weighted by Gasteiger charge is 2.06. The van der Waals surface area contributed by atoms with Gasteiger partial charge in [-0.3, -0.25) is 19.7 Å². The normalized spacial score (nSPS) is 10.7. The van der Waals surface area contributed by atoms with Gasteiger partial charge in [0.25, 0.3) is 11.6 Å². The number of benzene rings is 3. The number of nitrogens with one attached hydrogen (secondary N) is 2. The molecule has 2 N–H and O–H groups in total. The first kappa shape index (κ1) is 25.4. The van der Waals surface area contributed by atoms with E-state index in [1.807, 2.05) is 0 Å². The number of thioether (sulfide) groups is 1. The van der Waals surface area contributed by atoms with Crippen LogP contribution >= 0.6 is 11.8 Å². The highest BCUT2D eigenvalue weighted by molar-refractivity contribution is 7.99. The lowest BCUT2D eigenvalue weighted by Crippen LogP contribution is -2.20. The Bertz CT molecular complexity index is 1190. The molecule has 0 aliphatic heterocycles. The number of non-ortho nitro benzene ring substituents is 1. The lowest BCUT2D eigenvalue weighted by Gasteiger charge is -2.07. The number of halogens is 1. The number of amides is 2. The molecular formula is C24H21FN4O5S. The maximum absolute atomic E-state index is 12.9. The fourth-order valence-corrected chi connectivity index (χ4v) is 3.50. The van der Waals surface area contributed by atoms with Crippen LogP contribution in [0.25, 0.3) is 0 Å². The molecule has 3 aromatic carbocycles. The van der Waals surface area contributed by atoms with Gasteiger partial charge in [0.2, 0.25) is 5.91 Å². The number of nitro benzene ring substituents is 1. The van der Waals surface area contributed by atoms with E-state index in [4.69, 9.17) is 4.74 Å². The molecule has 0 aliphatic rings. The summed E-state index contributed by atoms with van der Waals surface area (Å²) in [5.74, 6) is 0.153. The van der Waals surface area contributed by atoms with E-state index in [0.29, 0.717) is 22.8 Å². The quantitative estimate of drug-likeness (QED) is 0.234.